The van der Waals surface area contributed by atoms with Crippen molar-refractivity contribution in [2.24, 2.45) is 10.8 Å². The number of carbonyl (C=O) groups excluding carboxylic acids is 1. The maximum absolute atomic E-state index is 14.8. The van der Waals surface area contributed by atoms with Crippen molar-refractivity contribution in [2.75, 3.05) is 6.54 Å². The number of carbonyl (C=O) groups is 2. The van der Waals surface area contributed by atoms with Gasteiger partial charge in [0, 0.05) is 24.7 Å². The average molecular weight is 499 g/mol. The number of amides is 1. The maximum Gasteiger partial charge on any atom is 0.309 e. The molecule has 5 nitrogen and oxygen atoms in total. The Balaban J connectivity index is 1.15. The fraction of sp³-hybridized carbons (Fsp3) is 0.355. The zero-order valence-electron chi connectivity index (χ0n) is 20.9. The first-order chi connectivity index (χ1) is 17.8. The number of aliphatic carboxylic acids is 1. The molecule has 6 heteroatoms. The van der Waals surface area contributed by atoms with Crippen LogP contribution in [0.2, 0.25) is 0 Å². The van der Waals surface area contributed by atoms with Crippen LogP contribution in [0.1, 0.15) is 38.2 Å². The highest BCUT2D eigenvalue weighted by molar-refractivity contribution is 5.98. The normalized spacial score (nSPS) is 29.9. The molecule has 1 amide bonds. The number of nitrogens with zero attached hydrogens (tertiary/aromatic N) is 1. The SMILES string of the molecule is CC1(C(=O)O)CC2(CC(NC(=O)C3=C4C(=CCN4Cc4ccc(-c5ccccc5)cc4)[C@H](F)C=C3)C2)C1. The first-order valence-electron chi connectivity index (χ1n) is 13.0. The van der Waals surface area contributed by atoms with E-state index in [-0.39, 0.29) is 17.4 Å². The molecule has 1 heterocycles. The van der Waals surface area contributed by atoms with Crippen LogP contribution in [0.15, 0.2) is 89.7 Å². The molecule has 3 aliphatic carbocycles. The molecular formula is C31H31FN2O3. The summed E-state index contributed by atoms with van der Waals surface area (Å²) in [7, 11) is 0. The Hall–Kier alpha value is -3.67. The molecule has 0 saturated heterocycles. The van der Waals surface area contributed by atoms with E-state index in [4.69, 9.17) is 0 Å². The fourth-order valence-electron chi connectivity index (χ4n) is 6.89. The molecule has 2 aromatic rings. The number of allylic oxidation sites excluding steroid dienone is 2. The Morgan fingerprint density at radius 3 is 2.41 bits per heavy atom. The Labute approximate surface area is 216 Å². The monoisotopic (exact) mass is 498 g/mol. The number of carboxylic acids is 1. The van der Waals surface area contributed by atoms with Gasteiger partial charge in [0.05, 0.1) is 16.7 Å². The lowest BCUT2D eigenvalue weighted by Crippen LogP contribution is -2.61. The number of halogens is 1. The smallest absolute Gasteiger partial charge is 0.309 e. The summed E-state index contributed by atoms with van der Waals surface area (Å²) in [4.78, 5) is 26.8. The van der Waals surface area contributed by atoms with Crippen LogP contribution in [0, 0.1) is 10.8 Å². The van der Waals surface area contributed by atoms with Gasteiger partial charge in [-0.05, 0) is 66.9 Å². The summed E-state index contributed by atoms with van der Waals surface area (Å²) in [5.74, 6) is -0.920. The summed E-state index contributed by atoms with van der Waals surface area (Å²) in [5, 5.41) is 12.5. The van der Waals surface area contributed by atoms with Crippen LogP contribution in [0.25, 0.3) is 11.1 Å². The predicted octanol–water partition coefficient (Wildman–Crippen LogP) is 5.41. The van der Waals surface area contributed by atoms with Gasteiger partial charge in [-0.3, -0.25) is 9.59 Å². The number of hydrogen-bond acceptors (Lipinski definition) is 3. The van der Waals surface area contributed by atoms with E-state index in [0.717, 1.165) is 29.5 Å². The molecule has 0 radical (unpaired) electrons. The second-order valence-corrected chi connectivity index (χ2v) is 11.4. The quantitative estimate of drug-likeness (QED) is 0.559. The molecule has 0 unspecified atom stereocenters. The molecule has 0 aromatic heterocycles. The zero-order valence-corrected chi connectivity index (χ0v) is 20.9. The molecule has 2 N–H and O–H groups in total. The number of carboxylic acid groups (broad SMARTS) is 1. The molecule has 4 aliphatic rings. The Bertz CT molecular complexity index is 1330. The van der Waals surface area contributed by atoms with Gasteiger partial charge in [0.1, 0.15) is 6.17 Å². The minimum Gasteiger partial charge on any atom is -0.481 e. The Morgan fingerprint density at radius 2 is 1.73 bits per heavy atom. The van der Waals surface area contributed by atoms with Crippen LogP contribution in [-0.2, 0) is 16.1 Å². The van der Waals surface area contributed by atoms with Gasteiger partial charge >= 0.3 is 5.97 Å². The summed E-state index contributed by atoms with van der Waals surface area (Å²) in [6.45, 7) is 2.95. The topological polar surface area (TPSA) is 69.6 Å². The Morgan fingerprint density at radius 1 is 1.05 bits per heavy atom. The van der Waals surface area contributed by atoms with Crippen LogP contribution in [0.5, 0.6) is 0 Å². The van der Waals surface area contributed by atoms with Crippen molar-refractivity contribution in [3.63, 3.8) is 0 Å². The predicted molar refractivity (Wildman–Crippen MR) is 140 cm³/mol. The summed E-state index contributed by atoms with van der Waals surface area (Å²) in [5.41, 5.74) is 4.55. The third-order valence-corrected chi connectivity index (χ3v) is 8.53. The molecule has 1 atom stereocenters. The minimum atomic E-state index is -1.22. The molecular weight excluding hydrogens is 467 g/mol. The van der Waals surface area contributed by atoms with Crippen molar-refractivity contribution in [3.8, 4) is 11.1 Å². The van der Waals surface area contributed by atoms with Gasteiger partial charge in [-0.1, -0.05) is 60.7 Å². The van der Waals surface area contributed by atoms with Gasteiger partial charge in [-0.2, -0.15) is 0 Å². The van der Waals surface area contributed by atoms with Crippen LogP contribution in [0.4, 0.5) is 4.39 Å². The van der Waals surface area contributed by atoms with E-state index in [1.807, 2.05) is 24.3 Å². The number of nitrogens with one attached hydrogen (secondary N) is 1. The number of alkyl halides is 1. The Kier molecular flexibility index (Phi) is 5.59. The second kappa shape index (κ2) is 8.72. The third-order valence-electron chi connectivity index (χ3n) is 8.53. The third kappa shape index (κ3) is 4.18. The van der Waals surface area contributed by atoms with Gasteiger partial charge < -0.3 is 15.3 Å². The molecule has 37 heavy (non-hydrogen) atoms. The van der Waals surface area contributed by atoms with Crippen molar-refractivity contribution in [2.45, 2.75) is 51.4 Å². The van der Waals surface area contributed by atoms with Crippen LogP contribution >= 0.6 is 0 Å². The summed E-state index contributed by atoms with van der Waals surface area (Å²) >= 11 is 0. The summed E-state index contributed by atoms with van der Waals surface area (Å²) in [6.07, 6.45) is 6.69. The van der Waals surface area contributed by atoms with E-state index in [9.17, 15) is 19.1 Å². The first kappa shape index (κ1) is 23.7. The van der Waals surface area contributed by atoms with E-state index in [1.54, 1.807) is 13.0 Å². The molecule has 2 saturated carbocycles. The van der Waals surface area contributed by atoms with E-state index in [2.05, 4.69) is 46.6 Å². The van der Waals surface area contributed by atoms with Crippen molar-refractivity contribution in [1.29, 1.82) is 0 Å². The minimum absolute atomic E-state index is 0.0308. The second-order valence-electron chi connectivity index (χ2n) is 11.4. The molecule has 2 aromatic carbocycles. The van der Waals surface area contributed by atoms with Gasteiger partial charge in [0.25, 0.3) is 5.91 Å². The lowest BCUT2D eigenvalue weighted by atomic mass is 9.44. The lowest BCUT2D eigenvalue weighted by molar-refractivity contribution is -0.174. The highest BCUT2D eigenvalue weighted by Crippen LogP contribution is 2.64. The van der Waals surface area contributed by atoms with Crippen molar-refractivity contribution in [1.82, 2.24) is 10.2 Å². The van der Waals surface area contributed by atoms with E-state index < -0.39 is 17.6 Å². The molecule has 0 bridgehead atoms. The lowest BCUT2D eigenvalue weighted by Gasteiger charge is -2.61. The molecule has 2 fully saturated rings. The summed E-state index contributed by atoms with van der Waals surface area (Å²) in [6, 6.07) is 18.6. The first-order valence-corrected chi connectivity index (χ1v) is 13.0. The number of fused-ring (bicyclic) bond motifs is 1. The number of benzene rings is 2. The van der Waals surface area contributed by atoms with Gasteiger partial charge in [0.15, 0.2) is 0 Å². The standard InChI is InChI=1S/C31H31FN2O3/c1-30(29(36)37)18-31(19-30)15-23(16-31)33-28(35)25-11-12-26(32)24-13-14-34(27(24)25)17-20-7-9-22(10-8-20)21-5-3-2-4-6-21/h2-13,23,26H,14-19H2,1H3,(H,33,35)(H,36,37)/t23?,26-,30?,31?/m1/s1. The number of rotatable bonds is 6. The van der Waals surface area contributed by atoms with E-state index in [0.29, 0.717) is 42.8 Å². The largest absolute Gasteiger partial charge is 0.481 e. The fourth-order valence-corrected chi connectivity index (χ4v) is 6.89. The van der Waals surface area contributed by atoms with Gasteiger partial charge in [-0.25, -0.2) is 4.39 Å². The van der Waals surface area contributed by atoms with Crippen molar-refractivity contribution >= 4 is 11.9 Å². The molecule has 1 aliphatic heterocycles. The van der Waals surface area contributed by atoms with E-state index >= 15 is 0 Å². The highest BCUT2D eigenvalue weighted by Gasteiger charge is 2.61. The molecule has 1 spiro atoms. The van der Waals surface area contributed by atoms with Crippen LogP contribution in [0.3, 0.4) is 0 Å². The van der Waals surface area contributed by atoms with Crippen LogP contribution < -0.4 is 5.32 Å². The summed E-state index contributed by atoms with van der Waals surface area (Å²) < 4.78 is 14.8. The zero-order chi connectivity index (χ0) is 25.8. The molecule has 6 rings (SSSR count). The van der Waals surface area contributed by atoms with E-state index in [1.165, 1.54) is 6.08 Å². The maximum atomic E-state index is 14.8. The van der Waals surface area contributed by atoms with Gasteiger partial charge in [0.2, 0.25) is 0 Å². The number of hydrogen-bond donors (Lipinski definition) is 2. The highest BCUT2D eigenvalue weighted by atomic mass is 19.1. The van der Waals surface area contributed by atoms with Crippen LogP contribution in [-0.4, -0.2) is 40.6 Å². The average Bonchev–Trinajstić information content (AvgIpc) is 3.27. The van der Waals surface area contributed by atoms with Crippen molar-refractivity contribution < 1.29 is 19.1 Å². The van der Waals surface area contributed by atoms with Gasteiger partial charge in [-0.15, -0.1) is 0 Å². The molecule has 190 valence electrons. The van der Waals surface area contributed by atoms with Crippen molar-refractivity contribution in [3.05, 3.63) is 95.2 Å².